The van der Waals surface area contributed by atoms with Crippen molar-refractivity contribution in [1.82, 2.24) is 24.4 Å². The molecule has 6 heterocycles. The van der Waals surface area contributed by atoms with Crippen molar-refractivity contribution in [3.63, 3.8) is 0 Å². The first kappa shape index (κ1) is 31.9. The summed E-state index contributed by atoms with van der Waals surface area (Å²) < 4.78 is 49.6. The maximum atomic E-state index is 15.2. The minimum atomic E-state index is -0.840. The first-order chi connectivity index (χ1) is 23.9. The minimum absolute atomic E-state index is 0.109. The van der Waals surface area contributed by atoms with Crippen molar-refractivity contribution in [2.45, 2.75) is 70.4 Å². The lowest BCUT2D eigenvalue weighted by Gasteiger charge is -2.36. The van der Waals surface area contributed by atoms with Crippen molar-refractivity contribution >= 4 is 28.4 Å². The Morgan fingerprint density at radius 2 is 1.98 bits per heavy atom. The number of halogens is 2. The molecule has 8 rings (SSSR count). The predicted molar refractivity (Wildman–Crippen MR) is 184 cm³/mol. The Balaban J connectivity index is 1.17. The van der Waals surface area contributed by atoms with E-state index < -0.39 is 6.17 Å². The quantitative estimate of drug-likeness (QED) is 0.198. The van der Waals surface area contributed by atoms with Gasteiger partial charge in [-0.3, -0.25) is 4.90 Å². The van der Waals surface area contributed by atoms with Crippen LogP contribution in [0, 0.1) is 5.82 Å². The number of aromatic nitrogens is 4. The van der Waals surface area contributed by atoms with Crippen LogP contribution >= 0.6 is 0 Å². The van der Waals surface area contributed by atoms with Crippen LogP contribution in [0.2, 0.25) is 0 Å². The number of methoxy groups -OCH3 is 1. The number of aryl methyl sites for hydroxylation is 1. The summed E-state index contributed by atoms with van der Waals surface area (Å²) in [6, 6.07) is 7.58. The molecule has 4 aliphatic rings. The van der Waals surface area contributed by atoms with Gasteiger partial charge < -0.3 is 28.6 Å². The van der Waals surface area contributed by atoms with Crippen LogP contribution in [0.15, 0.2) is 37.0 Å². The van der Waals surface area contributed by atoms with E-state index in [1.165, 1.54) is 6.07 Å². The number of ether oxygens (including phenoxy) is 3. The van der Waals surface area contributed by atoms with E-state index in [9.17, 15) is 4.39 Å². The molecule has 0 amide bonds. The number of anilines is 2. The molecule has 0 aliphatic carbocycles. The van der Waals surface area contributed by atoms with E-state index >= 15 is 4.39 Å². The highest BCUT2D eigenvalue weighted by Gasteiger charge is 2.49. The standard InChI is InChI=1S/C37H43F2N7O3/c1-4-28-30(39)8-7-24-15-27(49-23-47-3)16-32(34(24)28)43-12-9-29-31(21-43)41-36(48-22-37-10-6-11-45(37)19-25(38)17-37)42-35(29)44-13-14-46-26(20-44)18-40-33(46)5-2/h5,7-8,15-16,18,25H,2,4,6,9-14,17,19-23H2,1,3H3/t25-,37+/m1/s1. The molecule has 0 radical (unpaired) electrons. The Morgan fingerprint density at radius 3 is 2.82 bits per heavy atom. The first-order valence-electron chi connectivity index (χ1n) is 17.3. The Kier molecular flexibility index (Phi) is 8.39. The van der Waals surface area contributed by atoms with Crippen LogP contribution in [0.25, 0.3) is 16.8 Å². The zero-order valence-electron chi connectivity index (χ0n) is 28.3. The summed E-state index contributed by atoms with van der Waals surface area (Å²) in [5.74, 6) is 2.17. The lowest BCUT2D eigenvalue weighted by atomic mass is 9.95. The third-order valence-electron chi connectivity index (χ3n) is 10.8. The molecule has 4 aromatic rings. The molecule has 258 valence electrons. The summed E-state index contributed by atoms with van der Waals surface area (Å²) in [4.78, 5) is 21.4. The highest BCUT2D eigenvalue weighted by Crippen LogP contribution is 2.42. The van der Waals surface area contributed by atoms with Gasteiger partial charge in [-0.2, -0.15) is 9.97 Å². The highest BCUT2D eigenvalue weighted by molar-refractivity contribution is 5.98. The monoisotopic (exact) mass is 671 g/mol. The highest BCUT2D eigenvalue weighted by atomic mass is 19.1. The lowest BCUT2D eigenvalue weighted by Crippen LogP contribution is -2.43. The van der Waals surface area contributed by atoms with Gasteiger partial charge in [0, 0.05) is 62.4 Å². The number of nitrogens with zero attached hydrogens (tertiary/aromatic N) is 7. The number of imidazole rings is 1. The number of hydrogen-bond acceptors (Lipinski definition) is 9. The van der Waals surface area contributed by atoms with Gasteiger partial charge in [0.2, 0.25) is 0 Å². The Labute approximate surface area is 285 Å². The van der Waals surface area contributed by atoms with E-state index in [0.29, 0.717) is 69.4 Å². The van der Waals surface area contributed by atoms with Crippen LogP contribution in [0.3, 0.4) is 0 Å². The fourth-order valence-corrected chi connectivity index (χ4v) is 8.49. The van der Waals surface area contributed by atoms with Gasteiger partial charge in [-0.25, -0.2) is 13.8 Å². The van der Waals surface area contributed by atoms with E-state index in [1.807, 2.05) is 31.3 Å². The van der Waals surface area contributed by atoms with Gasteiger partial charge in [0.25, 0.3) is 0 Å². The smallest absolute Gasteiger partial charge is 0.318 e. The second kappa shape index (κ2) is 12.9. The fraction of sp³-hybridized carbons (Fsp3) is 0.486. The molecule has 49 heavy (non-hydrogen) atoms. The van der Waals surface area contributed by atoms with Gasteiger partial charge in [-0.05, 0) is 61.4 Å². The van der Waals surface area contributed by atoms with Gasteiger partial charge in [0.1, 0.15) is 36.0 Å². The molecule has 0 bridgehead atoms. The number of hydrogen-bond donors (Lipinski definition) is 0. The molecular weight excluding hydrogens is 628 g/mol. The van der Waals surface area contributed by atoms with E-state index in [4.69, 9.17) is 24.2 Å². The van der Waals surface area contributed by atoms with Crippen molar-refractivity contribution in [1.29, 1.82) is 0 Å². The largest absolute Gasteiger partial charge is 0.467 e. The SMILES string of the molecule is C=Cc1ncc2n1CCN(c1nc(OC[C@@]34CCCN3C[C@H](F)C4)nc3c1CCN(c1cc(OCOC)cc4ccc(F)c(CC)c14)C3)C2. The lowest BCUT2D eigenvalue weighted by molar-refractivity contribution is 0.0512. The van der Waals surface area contributed by atoms with Crippen molar-refractivity contribution in [3.8, 4) is 11.8 Å². The zero-order valence-corrected chi connectivity index (χ0v) is 28.3. The number of fused-ring (bicyclic) bond motifs is 4. The van der Waals surface area contributed by atoms with E-state index in [0.717, 1.165) is 77.5 Å². The molecule has 2 aromatic carbocycles. The normalized spacial score (nSPS) is 21.9. The van der Waals surface area contributed by atoms with Crippen molar-refractivity contribution in [2.24, 2.45) is 0 Å². The van der Waals surface area contributed by atoms with Crippen LogP contribution in [0.5, 0.6) is 11.8 Å². The van der Waals surface area contributed by atoms with E-state index in [2.05, 4.69) is 30.8 Å². The number of rotatable bonds is 10. The molecule has 0 saturated carbocycles. The molecular formula is C37H43F2N7O3. The number of alkyl halides is 1. The van der Waals surface area contributed by atoms with Crippen LogP contribution in [0.4, 0.5) is 20.3 Å². The zero-order chi connectivity index (χ0) is 33.7. The maximum absolute atomic E-state index is 15.2. The molecule has 12 heteroatoms. The van der Waals surface area contributed by atoms with Gasteiger partial charge in [0.15, 0.2) is 6.79 Å². The summed E-state index contributed by atoms with van der Waals surface area (Å²) in [5, 5.41) is 1.79. The molecule has 4 aliphatic heterocycles. The number of benzene rings is 2. The molecule has 0 unspecified atom stereocenters. The molecule has 2 atom stereocenters. The van der Waals surface area contributed by atoms with Crippen LogP contribution in [-0.4, -0.2) is 82.8 Å². The van der Waals surface area contributed by atoms with Crippen LogP contribution in [-0.2, 0) is 37.2 Å². The second-order valence-electron chi connectivity index (χ2n) is 13.6. The molecule has 0 N–H and O–H groups in total. The predicted octanol–water partition coefficient (Wildman–Crippen LogP) is 5.69. The summed E-state index contributed by atoms with van der Waals surface area (Å²) >= 11 is 0. The van der Waals surface area contributed by atoms with Crippen molar-refractivity contribution < 1.29 is 23.0 Å². The molecule has 2 fully saturated rings. The van der Waals surface area contributed by atoms with Crippen LogP contribution in [0.1, 0.15) is 54.5 Å². The molecule has 2 aromatic heterocycles. The van der Waals surface area contributed by atoms with Crippen molar-refractivity contribution in [2.75, 3.05) is 56.5 Å². The summed E-state index contributed by atoms with van der Waals surface area (Å²) in [6.07, 6.45) is 6.53. The fourth-order valence-electron chi connectivity index (χ4n) is 8.49. The topological polar surface area (TPSA) is 81.0 Å². The molecule has 0 spiro atoms. The summed E-state index contributed by atoms with van der Waals surface area (Å²) in [5.41, 5.74) is 4.32. The maximum Gasteiger partial charge on any atom is 0.318 e. The van der Waals surface area contributed by atoms with Gasteiger partial charge in [-0.15, -0.1) is 0 Å². The first-order valence-corrected chi connectivity index (χ1v) is 17.3. The van der Waals surface area contributed by atoms with Gasteiger partial charge in [-0.1, -0.05) is 19.6 Å². The Morgan fingerprint density at radius 1 is 1.08 bits per heavy atom. The van der Waals surface area contributed by atoms with E-state index in [1.54, 1.807) is 13.2 Å². The van der Waals surface area contributed by atoms with Gasteiger partial charge >= 0.3 is 6.01 Å². The average molecular weight is 672 g/mol. The Hall–Kier alpha value is -4.29. The molecule has 10 nitrogen and oxygen atoms in total. The van der Waals surface area contributed by atoms with Crippen molar-refractivity contribution in [3.05, 3.63) is 71.2 Å². The molecule has 2 saturated heterocycles. The second-order valence-corrected chi connectivity index (χ2v) is 13.6. The Bertz CT molecular complexity index is 1900. The van der Waals surface area contributed by atoms with Gasteiger partial charge in [0.05, 0.1) is 36.2 Å². The van der Waals surface area contributed by atoms with Crippen LogP contribution < -0.4 is 19.3 Å². The summed E-state index contributed by atoms with van der Waals surface area (Å²) in [7, 11) is 1.59. The minimum Gasteiger partial charge on any atom is -0.467 e. The summed E-state index contributed by atoms with van der Waals surface area (Å²) in [6.45, 7) is 11.1. The third kappa shape index (κ3) is 5.68. The average Bonchev–Trinajstić information content (AvgIpc) is 3.80. The van der Waals surface area contributed by atoms with E-state index in [-0.39, 0.29) is 18.1 Å². The third-order valence-corrected chi connectivity index (χ3v) is 10.8.